The quantitative estimate of drug-likeness (QED) is 0.865. The van der Waals surface area contributed by atoms with Gasteiger partial charge in [-0.15, -0.1) is 0 Å². The summed E-state index contributed by atoms with van der Waals surface area (Å²) < 4.78 is 27.1. The molecule has 2 aromatic carbocycles. The Morgan fingerprint density at radius 1 is 1.05 bits per heavy atom. The first-order valence-electron chi connectivity index (χ1n) is 6.47. The van der Waals surface area contributed by atoms with Gasteiger partial charge in [0.1, 0.15) is 11.6 Å². The minimum atomic E-state index is -0.495. The van der Waals surface area contributed by atoms with Gasteiger partial charge in [0.25, 0.3) is 0 Å². The highest BCUT2D eigenvalue weighted by atomic mass is 35.5. The van der Waals surface area contributed by atoms with Gasteiger partial charge in [-0.05, 0) is 43.2 Å². The summed E-state index contributed by atoms with van der Waals surface area (Å²) in [6.45, 7) is 2.54. The normalized spacial score (nSPS) is 12.4. The minimum Gasteiger partial charge on any atom is -0.310 e. The average Bonchev–Trinajstić information content (AvgIpc) is 2.42. The van der Waals surface area contributed by atoms with E-state index in [1.54, 1.807) is 0 Å². The first kappa shape index (κ1) is 14.9. The summed E-state index contributed by atoms with van der Waals surface area (Å²) >= 11 is 5.81. The lowest BCUT2D eigenvalue weighted by Crippen LogP contribution is -2.28. The second kappa shape index (κ2) is 6.82. The first-order valence-corrected chi connectivity index (χ1v) is 6.85. The van der Waals surface area contributed by atoms with Crippen molar-refractivity contribution >= 4 is 11.6 Å². The smallest absolute Gasteiger partial charge is 0.129 e. The fourth-order valence-electron chi connectivity index (χ4n) is 2.00. The highest BCUT2D eigenvalue weighted by Gasteiger charge is 2.12. The van der Waals surface area contributed by atoms with Gasteiger partial charge < -0.3 is 5.32 Å². The molecule has 0 radical (unpaired) electrons. The molecule has 1 nitrogen and oxygen atoms in total. The topological polar surface area (TPSA) is 12.0 Å². The molecule has 0 aliphatic carbocycles. The van der Waals surface area contributed by atoms with Crippen LogP contribution in [0.15, 0.2) is 42.5 Å². The summed E-state index contributed by atoms with van der Waals surface area (Å²) in [6, 6.07) is 11.4. The van der Waals surface area contributed by atoms with E-state index in [0.29, 0.717) is 18.0 Å². The molecular formula is C16H16ClF2N. The van der Waals surface area contributed by atoms with E-state index in [1.807, 2.05) is 31.2 Å². The fraction of sp³-hybridized carbons (Fsp3) is 0.250. The summed E-state index contributed by atoms with van der Waals surface area (Å²) in [5, 5.41) is 3.93. The minimum absolute atomic E-state index is 0.0305. The molecule has 4 heteroatoms. The van der Waals surface area contributed by atoms with Crippen LogP contribution in [0.4, 0.5) is 8.78 Å². The van der Waals surface area contributed by atoms with Gasteiger partial charge in [-0.25, -0.2) is 8.78 Å². The first-order chi connectivity index (χ1) is 9.56. The highest BCUT2D eigenvalue weighted by Crippen LogP contribution is 2.14. The van der Waals surface area contributed by atoms with Gasteiger partial charge in [0.2, 0.25) is 0 Å². The number of hydrogen-bond acceptors (Lipinski definition) is 1. The number of rotatable bonds is 5. The van der Waals surface area contributed by atoms with Gasteiger partial charge in [0.05, 0.1) is 0 Å². The van der Waals surface area contributed by atoms with Crippen molar-refractivity contribution in [1.29, 1.82) is 0 Å². The molecule has 0 aliphatic heterocycles. The molecule has 1 unspecified atom stereocenters. The SMILES string of the molecule is CC(Cc1c(F)cccc1F)NCc1ccc(Cl)cc1. The van der Waals surface area contributed by atoms with E-state index >= 15 is 0 Å². The lowest BCUT2D eigenvalue weighted by atomic mass is 10.1. The summed E-state index contributed by atoms with van der Waals surface area (Å²) in [4.78, 5) is 0. The Morgan fingerprint density at radius 3 is 2.25 bits per heavy atom. The molecule has 1 N–H and O–H groups in total. The zero-order valence-electron chi connectivity index (χ0n) is 11.2. The highest BCUT2D eigenvalue weighted by molar-refractivity contribution is 6.30. The predicted molar refractivity (Wildman–Crippen MR) is 77.8 cm³/mol. The van der Waals surface area contributed by atoms with Crippen LogP contribution in [0, 0.1) is 11.6 Å². The van der Waals surface area contributed by atoms with E-state index in [0.717, 1.165) is 5.56 Å². The van der Waals surface area contributed by atoms with Crippen molar-refractivity contribution < 1.29 is 8.78 Å². The lowest BCUT2D eigenvalue weighted by molar-refractivity contribution is 0.499. The van der Waals surface area contributed by atoms with E-state index < -0.39 is 11.6 Å². The van der Waals surface area contributed by atoms with E-state index in [9.17, 15) is 8.78 Å². The molecule has 0 aromatic heterocycles. The number of benzene rings is 2. The van der Waals surface area contributed by atoms with Crippen molar-refractivity contribution in [2.45, 2.75) is 25.9 Å². The van der Waals surface area contributed by atoms with Crippen LogP contribution in [-0.4, -0.2) is 6.04 Å². The maximum absolute atomic E-state index is 13.5. The zero-order valence-corrected chi connectivity index (χ0v) is 11.9. The van der Waals surface area contributed by atoms with Crippen molar-refractivity contribution in [3.63, 3.8) is 0 Å². The Morgan fingerprint density at radius 2 is 1.65 bits per heavy atom. The number of hydrogen-bond donors (Lipinski definition) is 1. The average molecular weight is 296 g/mol. The summed E-state index contributed by atoms with van der Waals surface area (Å²) in [6.07, 6.45) is 0.312. The molecule has 0 saturated heterocycles. The van der Waals surface area contributed by atoms with Crippen LogP contribution < -0.4 is 5.32 Å². The maximum atomic E-state index is 13.5. The second-order valence-corrected chi connectivity index (χ2v) is 5.25. The van der Waals surface area contributed by atoms with E-state index in [-0.39, 0.29) is 11.6 Å². The summed E-state index contributed by atoms with van der Waals surface area (Å²) in [5.74, 6) is -0.990. The molecule has 106 valence electrons. The monoisotopic (exact) mass is 295 g/mol. The standard InChI is InChI=1S/C16H16ClF2N/c1-11(9-14-15(18)3-2-4-16(14)19)20-10-12-5-7-13(17)8-6-12/h2-8,11,20H,9-10H2,1H3. The van der Waals surface area contributed by atoms with Gasteiger partial charge in [-0.1, -0.05) is 29.8 Å². The van der Waals surface area contributed by atoms with Crippen molar-refractivity contribution in [2.75, 3.05) is 0 Å². The van der Waals surface area contributed by atoms with Gasteiger partial charge in [-0.2, -0.15) is 0 Å². The van der Waals surface area contributed by atoms with E-state index in [2.05, 4.69) is 5.32 Å². The Balaban J connectivity index is 1.92. The lowest BCUT2D eigenvalue weighted by Gasteiger charge is -2.15. The molecule has 2 aromatic rings. The Bertz CT molecular complexity index is 549. The second-order valence-electron chi connectivity index (χ2n) is 4.81. The Kier molecular flexibility index (Phi) is 5.10. The Labute approximate surface area is 122 Å². The number of nitrogens with one attached hydrogen (secondary N) is 1. The van der Waals surface area contributed by atoms with Gasteiger partial charge in [0, 0.05) is 23.2 Å². The van der Waals surface area contributed by atoms with Crippen LogP contribution in [0.1, 0.15) is 18.1 Å². The van der Waals surface area contributed by atoms with Crippen molar-refractivity contribution in [3.05, 3.63) is 70.2 Å². The van der Waals surface area contributed by atoms with Crippen molar-refractivity contribution in [1.82, 2.24) is 5.32 Å². The molecule has 0 aliphatic rings. The molecule has 0 spiro atoms. The molecule has 0 amide bonds. The predicted octanol–water partition coefficient (Wildman–Crippen LogP) is 4.34. The third-order valence-corrected chi connectivity index (χ3v) is 3.39. The molecular weight excluding hydrogens is 280 g/mol. The maximum Gasteiger partial charge on any atom is 0.129 e. The van der Waals surface area contributed by atoms with Crippen molar-refractivity contribution in [2.24, 2.45) is 0 Å². The van der Waals surface area contributed by atoms with Crippen LogP contribution in [0.5, 0.6) is 0 Å². The zero-order chi connectivity index (χ0) is 14.5. The number of halogens is 3. The molecule has 0 fully saturated rings. The van der Waals surface area contributed by atoms with Gasteiger partial charge >= 0.3 is 0 Å². The van der Waals surface area contributed by atoms with Gasteiger partial charge in [0.15, 0.2) is 0 Å². The Hall–Kier alpha value is -1.45. The molecule has 2 rings (SSSR count). The van der Waals surface area contributed by atoms with Crippen LogP contribution in [0.3, 0.4) is 0 Å². The molecule has 0 bridgehead atoms. The third-order valence-electron chi connectivity index (χ3n) is 3.14. The van der Waals surface area contributed by atoms with Crippen molar-refractivity contribution in [3.8, 4) is 0 Å². The summed E-state index contributed by atoms with van der Waals surface area (Å²) in [5.41, 5.74) is 1.21. The van der Waals surface area contributed by atoms with E-state index in [1.165, 1.54) is 18.2 Å². The van der Waals surface area contributed by atoms with Gasteiger partial charge in [-0.3, -0.25) is 0 Å². The van der Waals surface area contributed by atoms with Crippen LogP contribution in [0.25, 0.3) is 0 Å². The van der Waals surface area contributed by atoms with Crippen LogP contribution >= 0.6 is 11.6 Å². The molecule has 1 atom stereocenters. The molecule has 0 heterocycles. The van der Waals surface area contributed by atoms with Crippen LogP contribution in [-0.2, 0) is 13.0 Å². The summed E-state index contributed by atoms with van der Waals surface area (Å²) in [7, 11) is 0. The largest absolute Gasteiger partial charge is 0.310 e. The third kappa shape index (κ3) is 4.02. The fourth-order valence-corrected chi connectivity index (χ4v) is 2.13. The molecule has 0 saturated carbocycles. The molecule has 20 heavy (non-hydrogen) atoms. The van der Waals surface area contributed by atoms with Crippen LogP contribution in [0.2, 0.25) is 5.02 Å². The van der Waals surface area contributed by atoms with E-state index in [4.69, 9.17) is 11.6 Å².